The van der Waals surface area contributed by atoms with Gasteiger partial charge in [-0.3, -0.25) is 4.79 Å². The maximum absolute atomic E-state index is 10.8. The van der Waals surface area contributed by atoms with Gasteiger partial charge in [0.25, 0.3) is 0 Å². The van der Waals surface area contributed by atoms with Gasteiger partial charge in [-0.1, -0.05) is 33.6 Å². The summed E-state index contributed by atoms with van der Waals surface area (Å²) in [6.45, 7) is 0. The van der Waals surface area contributed by atoms with Crippen LogP contribution in [0.3, 0.4) is 0 Å². The minimum atomic E-state index is -0.421. The second-order valence-electron chi connectivity index (χ2n) is 3.00. The molecule has 0 spiro atoms. The number of carbonyl (C=O) groups is 1. The predicted molar refractivity (Wildman–Crippen MR) is 61.8 cm³/mol. The summed E-state index contributed by atoms with van der Waals surface area (Å²) in [5, 5.41) is 9.05. The number of benzene rings is 1. The van der Waals surface area contributed by atoms with Crippen LogP contribution in [-0.2, 0) is 11.2 Å². The molecule has 0 aliphatic heterocycles. The Kier molecular flexibility index (Phi) is 4.13. The Morgan fingerprint density at radius 3 is 2.80 bits per heavy atom. The number of nitriles is 1. The summed E-state index contributed by atoms with van der Waals surface area (Å²) in [5.41, 5.74) is 6.39. The maximum Gasteiger partial charge on any atom is 0.231 e. The number of amides is 1. The van der Waals surface area contributed by atoms with Crippen molar-refractivity contribution in [2.75, 3.05) is 0 Å². The van der Waals surface area contributed by atoms with E-state index in [0.717, 1.165) is 5.56 Å². The first-order valence-corrected chi connectivity index (χ1v) is 5.46. The smallest absolute Gasteiger partial charge is 0.231 e. The van der Waals surface area contributed by atoms with E-state index < -0.39 is 10.7 Å². The molecule has 1 aromatic rings. The summed E-state index contributed by atoms with van der Waals surface area (Å²) in [6, 6.07) is 7.00. The van der Waals surface area contributed by atoms with E-state index in [-0.39, 0.29) is 0 Å². The van der Waals surface area contributed by atoms with E-state index in [1.54, 1.807) is 18.2 Å². The third kappa shape index (κ3) is 3.22. The van der Waals surface area contributed by atoms with Gasteiger partial charge in [0.2, 0.25) is 5.91 Å². The second-order valence-corrected chi connectivity index (χ2v) is 4.51. The molecule has 5 heteroatoms. The van der Waals surface area contributed by atoms with Crippen LogP contribution in [0.4, 0.5) is 0 Å². The van der Waals surface area contributed by atoms with Crippen LogP contribution in [-0.4, -0.2) is 10.7 Å². The normalized spacial score (nSPS) is 11.8. The predicted octanol–water partition coefficient (Wildman–Crippen LogP) is 2.00. The highest BCUT2D eigenvalue weighted by Gasteiger charge is 2.12. The Hall–Kier alpha value is -1.05. The number of primary amides is 1. The summed E-state index contributed by atoms with van der Waals surface area (Å²) < 4.78 is 0. The fourth-order valence-corrected chi connectivity index (χ4v) is 1.70. The van der Waals surface area contributed by atoms with Gasteiger partial charge in [-0.2, -0.15) is 5.26 Å². The molecule has 0 aromatic heterocycles. The van der Waals surface area contributed by atoms with Crippen molar-refractivity contribution in [1.82, 2.24) is 0 Å². The first kappa shape index (κ1) is 12.0. The monoisotopic (exact) mass is 286 g/mol. The number of hydrogen-bond donors (Lipinski definition) is 1. The van der Waals surface area contributed by atoms with E-state index in [1.165, 1.54) is 0 Å². The highest BCUT2D eigenvalue weighted by atomic mass is 79.9. The molecule has 0 saturated heterocycles. The number of rotatable bonds is 3. The zero-order valence-electron chi connectivity index (χ0n) is 7.71. The largest absolute Gasteiger partial charge is 0.369 e. The minimum absolute atomic E-state index is 0.388. The standard InChI is InChI=1S/C10H8BrClN2O/c11-8(10(14)15)3-6-1-2-7(5-13)9(12)4-6/h1-2,4,8H,3H2,(H2,14,15). The summed E-state index contributed by atoms with van der Waals surface area (Å²) in [6.07, 6.45) is 0.459. The molecule has 15 heavy (non-hydrogen) atoms. The van der Waals surface area contributed by atoms with E-state index in [4.69, 9.17) is 22.6 Å². The van der Waals surface area contributed by atoms with E-state index in [1.807, 2.05) is 6.07 Å². The van der Waals surface area contributed by atoms with Crippen LogP contribution >= 0.6 is 27.5 Å². The topological polar surface area (TPSA) is 66.9 Å². The van der Waals surface area contributed by atoms with Crippen molar-refractivity contribution < 1.29 is 4.79 Å². The zero-order chi connectivity index (χ0) is 11.4. The Balaban J connectivity index is 2.85. The van der Waals surface area contributed by atoms with Crippen LogP contribution in [0.1, 0.15) is 11.1 Å². The lowest BCUT2D eigenvalue weighted by molar-refractivity contribution is -0.117. The lowest BCUT2D eigenvalue weighted by Gasteiger charge is -2.06. The Morgan fingerprint density at radius 2 is 2.33 bits per heavy atom. The van der Waals surface area contributed by atoms with Crippen molar-refractivity contribution >= 4 is 33.4 Å². The third-order valence-electron chi connectivity index (χ3n) is 1.88. The van der Waals surface area contributed by atoms with Gasteiger partial charge in [-0.05, 0) is 24.1 Å². The Morgan fingerprint density at radius 1 is 1.67 bits per heavy atom. The number of hydrogen-bond acceptors (Lipinski definition) is 2. The van der Waals surface area contributed by atoms with Gasteiger partial charge in [-0.25, -0.2) is 0 Å². The summed E-state index contributed by atoms with van der Waals surface area (Å²) in [4.78, 5) is 10.4. The molecule has 1 aromatic carbocycles. The van der Waals surface area contributed by atoms with Gasteiger partial charge >= 0.3 is 0 Å². The quantitative estimate of drug-likeness (QED) is 0.864. The molecule has 0 aliphatic rings. The van der Waals surface area contributed by atoms with Gasteiger partial charge in [0, 0.05) is 0 Å². The van der Waals surface area contributed by atoms with E-state index >= 15 is 0 Å². The molecule has 1 unspecified atom stereocenters. The highest BCUT2D eigenvalue weighted by Crippen LogP contribution is 2.19. The molecule has 0 fully saturated rings. The van der Waals surface area contributed by atoms with Gasteiger partial charge in [0.1, 0.15) is 6.07 Å². The zero-order valence-corrected chi connectivity index (χ0v) is 10.0. The SMILES string of the molecule is N#Cc1ccc(CC(Br)C(N)=O)cc1Cl. The fourth-order valence-electron chi connectivity index (χ4n) is 1.08. The molecule has 1 rings (SSSR count). The molecule has 0 aliphatic carbocycles. The maximum atomic E-state index is 10.8. The molecular formula is C10H8BrClN2O. The van der Waals surface area contributed by atoms with Crippen molar-refractivity contribution in [3.05, 3.63) is 34.3 Å². The molecule has 78 valence electrons. The summed E-state index contributed by atoms with van der Waals surface area (Å²) >= 11 is 8.99. The van der Waals surface area contributed by atoms with Crippen molar-refractivity contribution in [3.8, 4) is 6.07 Å². The number of alkyl halides is 1. The van der Waals surface area contributed by atoms with Gasteiger partial charge < -0.3 is 5.73 Å². The molecule has 0 radical (unpaired) electrons. The van der Waals surface area contributed by atoms with E-state index in [9.17, 15) is 4.79 Å². The number of carbonyl (C=O) groups excluding carboxylic acids is 1. The average Bonchev–Trinajstić information content (AvgIpc) is 2.18. The Labute approximate surface area is 101 Å². The molecule has 0 heterocycles. The number of nitrogens with zero attached hydrogens (tertiary/aromatic N) is 1. The Bertz CT molecular complexity index is 428. The average molecular weight is 288 g/mol. The van der Waals surface area contributed by atoms with Gasteiger partial charge in [0.05, 0.1) is 15.4 Å². The minimum Gasteiger partial charge on any atom is -0.369 e. The van der Waals surface area contributed by atoms with Crippen LogP contribution in [0.2, 0.25) is 5.02 Å². The molecule has 2 N–H and O–H groups in total. The molecule has 3 nitrogen and oxygen atoms in total. The summed E-state index contributed by atoms with van der Waals surface area (Å²) in [5.74, 6) is -0.421. The number of halogens is 2. The second kappa shape index (κ2) is 5.15. The van der Waals surface area contributed by atoms with Crippen LogP contribution in [0.25, 0.3) is 0 Å². The van der Waals surface area contributed by atoms with Crippen molar-refractivity contribution in [2.45, 2.75) is 11.2 Å². The van der Waals surface area contributed by atoms with Gasteiger partial charge in [0.15, 0.2) is 0 Å². The lowest BCUT2D eigenvalue weighted by Crippen LogP contribution is -2.24. The molecule has 1 atom stereocenters. The molecular weight excluding hydrogens is 279 g/mol. The first-order chi connectivity index (χ1) is 7.04. The van der Waals surface area contributed by atoms with Crippen LogP contribution < -0.4 is 5.73 Å². The van der Waals surface area contributed by atoms with E-state index in [2.05, 4.69) is 15.9 Å². The van der Waals surface area contributed by atoms with Crippen molar-refractivity contribution in [2.24, 2.45) is 5.73 Å². The van der Waals surface area contributed by atoms with Gasteiger partial charge in [-0.15, -0.1) is 0 Å². The van der Waals surface area contributed by atoms with Crippen LogP contribution in [0.5, 0.6) is 0 Å². The first-order valence-electron chi connectivity index (χ1n) is 4.16. The molecule has 0 saturated carbocycles. The summed E-state index contributed by atoms with van der Waals surface area (Å²) in [7, 11) is 0. The molecule has 1 amide bonds. The highest BCUT2D eigenvalue weighted by molar-refractivity contribution is 9.10. The third-order valence-corrected chi connectivity index (χ3v) is 2.97. The lowest BCUT2D eigenvalue weighted by atomic mass is 10.1. The molecule has 0 bridgehead atoms. The van der Waals surface area contributed by atoms with Crippen LogP contribution in [0, 0.1) is 11.3 Å². The van der Waals surface area contributed by atoms with Crippen molar-refractivity contribution in [3.63, 3.8) is 0 Å². The van der Waals surface area contributed by atoms with Crippen molar-refractivity contribution in [1.29, 1.82) is 5.26 Å². The van der Waals surface area contributed by atoms with E-state index in [0.29, 0.717) is 17.0 Å². The number of nitrogens with two attached hydrogens (primary N) is 1. The fraction of sp³-hybridized carbons (Fsp3) is 0.200. The van der Waals surface area contributed by atoms with Crippen LogP contribution in [0.15, 0.2) is 18.2 Å².